The molecule has 0 spiro atoms. The first-order valence-corrected chi connectivity index (χ1v) is 8.52. The second-order valence-electron chi connectivity index (χ2n) is 4.86. The first kappa shape index (κ1) is 16.2. The van der Waals surface area contributed by atoms with Crippen LogP contribution in [0.5, 0.6) is 11.5 Å². The molecule has 7 heteroatoms. The molecule has 1 heterocycles. The second kappa shape index (κ2) is 7.27. The Morgan fingerprint density at radius 2 is 1.67 bits per heavy atom. The molecule has 0 unspecified atom stereocenters. The van der Waals surface area contributed by atoms with Crippen LogP contribution in [-0.2, 0) is 16.6 Å². The third kappa shape index (κ3) is 3.30. The molecule has 2 aromatic carbocycles. The maximum atomic E-state index is 12.7. The fourth-order valence-corrected chi connectivity index (χ4v) is 3.48. The van der Waals surface area contributed by atoms with E-state index in [1.807, 2.05) is 30.3 Å². The zero-order valence-electron chi connectivity index (χ0n) is 13.3. The lowest BCUT2D eigenvalue weighted by Crippen LogP contribution is -2.02. The number of hydrogen-bond acceptors (Lipinski definition) is 6. The van der Waals surface area contributed by atoms with Crippen LogP contribution in [0.25, 0.3) is 11.4 Å². The summed E-state index contributed by atoms with van der Waals surface area (Å²) in [6.45, 7) is 0. The van der Waals surface area contributed by atoms with E-state index >= 15 is 0 Å². The normalized spacial score (nSPS) is 11.9. The Kier molecular flexibility index (Phi) is 4.90. The standard InChI is InChI=1S/C17H16N2O4S/c1-21-13-9-6-10-14(22-2)16(13)24(20)11-15-18-17(19-23-15)12-7-4-3-5-8-12/h3-10H,11H2,1-2H3/t24-/m0/s1. The maximum Gasteiger partial charge on any atom is 0.239 e. The van der Waals surface area contributed by atoms with Crippen molar-refractivity contribution < 1.29 is 18.2 Å². The summed E-state index contributed by atoms with van der Waals surface area (Å²) in [4.78, 5) is 4.78. The van der Waals surface area contributed by atoms with Crippen molar-refractivity contribution in [2.45, 2.75) is 10.6 Å². The second-order valence-corrected chi connectivity index (χ2v) is 6.25. The molecule has 0 bridgehead atoms. The molecule has 0 N–H and O–H groups in total. The van der Waals surface area contributed by atoms with Gasteiger partial charge in [-0.2, -0.15) is 4.98 Å². The van der Waals surface area contributed by atoms with Gasteiger partial charge < -0.3 is 14.0 Å². The Morgan fingerprint density at radius 1 is 1.00 bits per heavy atom. The average molecular weight is 344 g/mol. The highest BCUT2D eigenvalue weighted by Crippen LogP contribution is 2.32. The van der Waals surface area contributed by atoms with Crippen LogP contribution < -0.4 is 9.47 Å². The van der Waals surface area contributed by atoms with E-state index < -0.39 is 10.8 Å². The molecule has 0 radical (unpaired) electrons. The van der Waals surface area contributed by atoms with Gasteiger partial charge in [-0.1, -0.05) is 41.6 Å². The largest absolute Gasteiger partial charge is 0.495 e. The van der Waals surface area contributed by atoms with Gasteiger partial charge in [-0.25, -0.2) is 0 Å². The quantitative estimate of drug-likeness (QED) is 0.684. The van der Waals surface area contributed by atoms with Gasteiger partial charge in [0.1, 0.15) is 22.1 Å². The molecule has 0 aliphatic rings. The molecular weight excluding hydrogens is 328 g/mol. The smallest absolute Gasteiger partial charge is 0.239 e. The Hall–Kier alpha value is -2.67. The number of aromatic nitrogens is 2. The van der Waals surface area contributed by atoms with Crippen molar-refractivity contribution >= 4 is 10.8 Å². The lowest BCUT2D eigenvalue weighted by molar-refractivity contribution is 0.374. The van der Waals surface area contributed by atoms with Crippen LogP contribution >= 0.6 is 0 Å². The van der Waals surface area contributed by atoms with Crippen molar-refractivity contribution in [3.8, 4) is 22.9 Å². The van der Waals surface area contributed by atoms with Crippen LogP contribution in [0, 0.1) is 0 Å². The SMILES string of the molecule is COc1cccc(OC)c1[S@@](=O)Cc1nc(-c2ccccc2)no1. The molecule has 0 aliphatic heterocycles. The lowest BCUT2D eigenvalue weighted by Gasteiger charge is -2.11. The average Bonchev–Trinajstić information content (AvgIpc) is 3.10. The summed E-state index contributed by atoms with van der Waals surface area (Å²) in [6, 6.07) is 14.7. The van der Waals surface area contributed by atoms with E-state index in [1.165, 1.54) is 14.2 Å². The molecule has 1 atom stereocenters. The fourth-order valence-electron chi connectivity index (χ4n) is 2.24. The number of ether oxygens (including phenoxy) is 2. The van der Waals surface area contributed by atoms with E-state index in [-0.39, 0.29) is 5.75 Å². The van der Waals surface area contributed by atoms with E-state index in [2.05, 4.69) is 10.1 Å². The summed E-state index contributed by atoms with van der Waals surface area (Å²) in [5.74, 6) is 1.83. The molecule has 3 rings (SSSR count). The van der Waals surface area contributed by atoms with Gasteiger partial charge in [0.05, 0.1) is 25.0 Å². The van der Waals surface area contributed by atoms with E-state index in [0.29, 0.717) is 28.1 Å². The fraction of sp³-hybridized carbons (Fsp3) is 0.176. The Balaban J connectivity index is 1.85. The molecule has 6 nitrogen and oxygen atoms in total. The Bertz CT molecular complexity index is 827. The number of hydrogen-bond donors (Lipinski definition) is 0. The van der Waals surface area contributed by atoms with Gasteiger partial charge in [-0.05, 0) is 12.1 Å². The summed E-state index contributed by atoms with van der Waals surface area (Å²) < 4.78 is 28.5. The zero-order valence-corrected chi connectivity index (χ0v) is 14.1. The van der Waals surface area contributed by atoms with E-state index in [0.717, 1.165) is 5.56 Å². The zero-order chi connectivity index (χ0) is 16.9. The minimum Gasteiger partial charge on any atom is -0.495 e. The molecule has 0 amide bonds. The number of nitrogens with zero attached hydrogens (tertiary/aromatic N) is 2. The van der Waals surface area contributed by atoms with Crippen LogP contribution in [0.15, 0.2) is 57.9 Å². The number of rotatable bonds is 6. The van der Waals surface area contributed by atoms with Gasteiger partial charge in [-0.15, -0.1) is 0 Å². The number of methoxy groups -OCH3 is 2. The highest BCUT2D eigenvalue weighted by atomic mass is 32.2. The van der Waals surface area contributed by atoms with Crippen molar-refractivity contribution in [3.63, 3.8) is 0 Å². The van der Waals surface area contributed by atoms with Gasteiger partial charge >= 0.3 is 0 Å². The molecule has 24 heavy (non-hydrogen) atoms. The van der Waals surface area contributed by atoms with Crippen LogP contribution in [-0.4, -0.2) is 28.6 Å². The van der Waals surface area contributed by atoms with Gasteiger partial charge in [-0.3, -0.25) is 4.21 Å². The Labute approximate surface area is 141 Å². The highest BCUT2D eigenvalue weighted by molar-refractivity contribution is 7.84. The summed E-state index contributed by atoms with van der Waals surface area (Å²) in [7, 11) is 1.60. The molecule has 0 saturated heterocycles. The van der Waals surface area contributed by atoms with Crippen molar-refractivity contribution in [3.05, 3.63) is 54.4 Å². The predicted molar refractivity (Wildman–Crippen MR) is 89.4 cm³/mol. The van der Waals surface area contributed by atoms with Crippen molar-refractivity contribution in [1.82, 2.24) is 10.1 Å². The van der Waals surface area contributed by atoms with Crippen LogP contribution in [0.2, 0.25) is 0 Å². The lowest BCUT2D eigenvalue weighted by atomic mass is 10.2. The van der Waals surface area contributed by atoms with Gasteiger partial charge in [0.25, 0.3) is 0 Å². The molecule has 0 saturated carbocycles. The van der Waals surface area contributed by atoms with E-state index in [1.54, 1.807) is 18.2 Å². The molecule has 0 fully saturated rings. The highest BCUT2D eigenvalue weighted by Gasteiger charge is 2.20. The van der Waals surface area contributed by atoms with E-state index in [4.69, 9.17) is 14.0 Å². The van der Waals surface area contributed by atoms with Crippen LogP contribution in [0.1, 0.15) is 5.89 Å². The van der Waals surface area contributed by atoms with Crippen molar-refractivity contribution in [2.75, 3.05) is 14.2 Å². The predicted octanol–water partition coefficient (Wildman–Crippen LogP) is 3.06. The first-order valence-electron chi connectivity index (χ1n) is 7.20. The molecule has 1 aromatic heterocycles. The molecule has 3 aromatic rings. The molecular formula is C17H16N2O4S. The summed E-state index contributed by atoms with van der Waals surface area (Å²) in [6.07, 6.45) is 0. The first-order chi connectivity index (χ1) is 11.7. The Morgan fingerprint density at radius 3 is 2.29 bits per heavy atom. The molecule has 0 aliphatic carbocycles. The molecule has 124 valence electrons. The minimum absolute atomic E-state index is 0.0799. The van der Waals surface area contributed by atoms with Crippen LogP contribution in [0.4, 0.5) is 0 Å². The van der Waals surface area contributed by atoms with E-state index in [9.17, 15) is 4.21 Å². The monoisotopic (exact) mass is 344 g/mol. The number of benzene rings is 2. The van der Waals surface area contributed by atoms with Crippen molar-refractivity contribution in [2.24, 2.45) is 0 Å². The minimum atomic E-state index is -1.45. The van der Waals surface area contributed by atoms with Gasteiger partial charge in [0.15, 0.2) is 0 Å². The van der Waals surface area contributed by atoms with Gasteiger partial charge in [0.2, 0.25) is 11.7 Å². The van der Waals surface area contributed by atoms with Crippen LogP contribution in [0.3, 0.4) is 0 Å². The maximum absolute atomic E-state index is 12.7. The van der Waals surface area contributed by atoms with Crippen molar-refractivity contribution in [1.29, 1.82) is 0 Å². The summed E-state index contributed by atoms with van der Waals surface area (Å²) in [5.41, 5.74) is 0.841. The summed E-state index contributed by atoms with van der Waals surface area (Å²) in [5, 5.41) is 3.94. The third-order valence-corrected chi connectivity index (χ3v) is 4.73. The topological polar surface area (TPSA) is 74.5 Å². The van der Waals surface area contributed by atoms with Gasteiger partial charge in [0, 0.05) is 5.56 Å². The third-order valence-electron chi connectivity index (χ3n) is 3.36. The summed E-state index contributed by atoms with van der Waals surface area (Å²) >= 11 is 0.